The van der Waals surface area contributed by atoms with Crippen LogP contribution in [0.15, 0.2) is 0 Å². The molecule has 0 amide bonds. The van der Waals surface area contributed by atoms with Gasteiger partial charge in [0.25, 0.3) is 0 Å². The highest BCUT2D eigenvalue weighted by Gasteiger charge is 1.82. The lowest BCUT2D eigenvalue weighted by atomic mass is 10.6. The van der Waals surface area contributed by atoms with E-state index in [1.54, 1.807) is 0 Å². The molecular weight excluding hydrogens is 120 g/mol. The summed E-state index contributed by atoms with van der Waals surface area (Å²) in [7, 11) is 0. The third-order valence-corrected chi connectivity index (χ3v) is 0.827. The van der Waals surface area contributed by atoms with Crippen LogP contribution in [0.2, 0.25) is 0 Å². The normalized spacial score (nSPS) is 10.0. The fourth-order valence-electron chi connectivity index (χ4n) is 0.423. The van der Waals surface area contributed by atoms with E-state index in [1.165, 1.54) is 0 Å². The van der Waals surface area contributed by atoms with Gasteiger partial charge in [-0.15, -0.1) is 0 Å². The van der Waals surface area contributed by atoms with Crippen LogP contribution in [0, 0.1) is 0 Å². The van der Waals surface area contributed by atoms with Crippen molar-refractivity contribution in [3.8, 4) is 0 Å². The molecule has 0 bridgehead atoms. The number of hydrogen-bond acceptors (Lipinski definition) is 4. The molecule has 0 heterocycles. The minimum absolute atomic E-state index is 0.154. The zero-order chi connectivity index (χ0) is 6.95. The molecule has 0 radical (unpaired) electrons. The summed E-state index contributed by atoms with van der Waals surface area (Å²) in [5.74, 6) is 0. The first-order valence-electron chi connectivity index (χ1n) is 3.05. The van der Waals surface area contributed by atoms with E-state index in [4.69, 9.17) is 10.2 Å². The Balaban J connectivity index is 2.60. The summed E-state index contributed by atoms with van der Waals surface area (Å²) < 4.78 is 0. The molecule has 4 N–H and O–H groups in total. The summed E-state index contributed by atoms with van der Waals surface area (Å²) in [6, 6.07) is 0. The maximum absolute atomic E-state index is 8.28. The lowest BCUT2D eigenvalue weighted by Crippen LogP contribution is -2.32. The third-order valence-electron chi connectivity index (χ3n) is 0.827. The van der Waals surface area contributed by atoms with Crippen LogP contribution in [0.4, 0.5) is 0 Å². The molecule has 0 aliphatic rings. The standard InChI is InChI=1S/C5H14N2O2/c8-3-1-6-5-7-2-4-9/h6-9H,1-5H2. The molecule has 0 aliphatic heterocycles. The predicted molar refractivity (Wildman–Crippen MR) is 35.0 cm³/mol. The van der Waals surface area contributed by atoms with Crippen molar-refractivity contribution in [2.75, 3.05) is 33.0 Å². The summed E-state index contributed by atoms with van der Waals surface area (Å²) in [5, 5.41) is 22.4. The van der Waals surface area contributed by atoms with Gasteiger partial charge in [0.15, 0.2) is 0 Å². The second kappa shape index (κ2) is 7.84. The van der Waals surface area contributed by atoms with Crippen LogP contribution in [-0.2, 0) is 0 Å². The maximum Gasteiger partial charge on any atom is 0.0556 e. The zero-order valence-corrected chi connectivity index (χ0v) is 5.43. The molecule has 0 rings (SSSR count). The van der Waals surface area contributed by atoms with Crippen molar-refractivity contribution in [3.63, 3.8) is 0 Å². The van der Waals surface area contributed by atoms with Gasteiger partial charge in [-0.2, -0.15) is 0 Å². The van der Waals surface area contributed by atoms with E-state index in [0.29, 0.717) is 19.8 Å². The van der Waals surface area contributed by atoms with Gasteiger partial charge in [0, 0.05) is 19.8 Å². The van der Waals surface area contributed by atoms with Gasteiger partial charge >= 0.3 is 0 Å². The maximum atomic E-state index is 8.28. The smallest absolute Gasteiger partial charge is 0.0556 e. The van der Waals surface area contributed by atoms with E-state index in [2.05, 4.69) is 10.6 Å². The predicted octanol–water partition coefficient (Wildman–Crippen LogP) is -1.89. The van der Waals surface area contributed by atoms with Crippen molar-refractivity contribution < 1.29 is 10.2 Å². The van der Waals surface area contributed by atoms with Crippen LogP contribution in [0.3, 0.4) is 0 Å². The van der Waals surface area contributed by atoms with Gasteiger partial charge < -0.3 is 20.8 Å². The van der Waals surface area contributed by atoms with Gasteiger partial charge in [0.1, 0.15) is 0 Å². The van der Waals surface area contributed by atoms with Crippen molar-refractivity contribution in [1.29, 1.82) is 0 Å². The van der Waals surface area contributed by atoms with E-state index < -0.39 is 0 Å². The number of rotatable bonds is 6. The molecule has 0 fully saturated rings. The molecule has 0 aromatic carbocycles. The third kappa shape index (κ3) is 7.84. The van der Waals surface area contributed by atoms with E-state index in [-0.39, 0.29) is 13.2 Å². The molecule has 0 aromatic rings. The average Bonchev–Trinajstić information content (AvgIpc) is 1.89. The largest absolute Gasteiger partial charge is 0.395 e. The monoisotopic (exact) mass is 134 g/mol. The molecule has 0 saturated heterocycles. The number of hydrogen-bond donors (Lipinski definition) is 4. The van der Waals surface area contributed by atoms with E-state index in [0.717, 1.165) is 0 Å². The zero-order valence-electron chi connectivity index (χ0n) is 5.43. The number of nitrogens with one attached hydrogen (secondary N) is 2. The topological polar surface area (TPSA) is 64.5 Å². The van der Waals surface area contributed by atoms with Gasteiger partial charge in [-0.05, 0) is 0 Å². The van der Waals surface area contributed by atoms with Gasteiger partial charge in [0.2, 0.25) is 0 Å². The molecular formula is C5H14N2O2. The molecule has 9 heavy (non-hydrogen) atoms. The van der Waals surface area contributed by atoms with Crippen LogP contribution in [0.1, 0.15) is 0 Å². The van der Waals surface area contributed by atoms with E-state index in [9.17, 15) is 0 Å². The Kier molecular flexibility index (Phi) is 7.70. The Labute approximate surface area is 54.9 Å². The summed E-state index contributed by atoms with van der Waals surface area (Å²) in [5.41, 5.74) is 0. The second-order valence-electron chi connectivity index (χ2n) is 1.62. The summed E-state index contributed by atoms with van der Waals surface area (Å²) in [4.78, 5) is 0. The minimum atomic E-state index is 0.154. The van der Waals surface area contributed by atoms with E-state index in [1.807, 2.05) is 0 Å². The van der Waals surface area contributed by atoms with Gasteiger partial charge in [-0.1, -0.05) is 0 Å². The van der Waals surface area contributed by atoms with Crippen LogP contribution >= 0.6 is 0 Å². The molecule has 0 saturated carbocycles. The fraction of sp³-hybridized carbons (Fsp3) is 1.00. The van der Waals surface area contributed by atoms with Crippen LogP contribution in [0.5, 0.6) is 0 Å². The Morgan fingerprint density at radius 2 is 1.33 bits per heavy atom. The highest BCUT2D eigenvalue weighted by molar-refractivity contribution is 4.43. The average molecular weight is 134 g/mol. The SMILES string of the molecule is OCCNCNCCO. The molecule has 4 heteroatoms. The molecule has 0 atom stereocenters. The van der Waals surface area contributed by atoms with Crippen molar-refractivity contribution in [3.05, 3.63) is 0 Å². The minimum Gasteiger partial charge on any atom is -0.395 e. The molecule has 0 spiro atoms. The van der Waals surface area contributed by atoms with Crippen LogP contribution in [-0.4, -0.2) is 43.2 Å². The van der Waals surface area contributed by atoms with Gasteiger partial charge in [-0.25, -0.2) is 0 Å². The van der Waals surface area contributed by atoms with Crippen molar-refractivity contribution in [2.24, 2.45) is 0 Å². The van der Waals surface area contributed by atoms with Crippen LogP contribution < -0.4 is 10.6 Å². The Morgan fingerprint density at radius 3 is 1.67 bits per heavy atom. The van der Waals surface area contributed by atoms with Crippen molar-refractivity contribution in [1.82, 2.24) is 10.6 Å². The second-order valence-corrected chi connectivity index (χ2v) is 1.62. The lowest BCUT2D eigenvalue weighted by Gasteiger charge is -2.01. The Bertz CT molecular complexity index is 46.2. The van der Waals surface area contributed by atoms with Crippen molar-refractivity contribution in [2.45, 2.75) is 0 Å². The Morgan fingerprint density at radius 1 is 0.889 bits per heavy atom. The summed E-state index contributed by atoms with van der Waals surface area (Å²) >= 11 is 0. The van der Waals surface area contributed by atoms with Crippen molar-refractivity contribution >= 4 is 0 Å². The molecule has 4 nitrogen and oxygen atoms in total. The molecule has 56 valence electrons. The lowest BCUT2D eigenvalue weighted by molar-refractivity contribution is 0.279. The van der Waals surface area contributed by atoms with E-state index >= 15 is 0 Å². The first-order chi connectivity index (χ1) is 4.41. The first kappa shape index (κ1) is 8.84. The van der Waals surface area contributed by atoms with Crippen LogP contribution in [0.25, 0.3) is 0 Å². The Hall–Kier alpha value is -0.160. The van der Waals surface area contributed by atoms with Gasteiger partial charge in [0.05, 0.1) is 13.2 Å². The van der Waals surface area contributed by atoms with Gasteiger partial charge in [-0.3, -0.25) is 0 Å². The highest BCUT2D eigenvalue weighted by atomic mass is 16.3. The summed E-state index contributed by atoms with van der Waals surface area (Å²) in [6.07, 6.45) is 0. The molecule has 0 aromatic heterocycles. The molecule has 0 aliphatic carbocycles. The number of aliphatic hydroxyl groups excluding tert-OH is 2. The molecule has 0 unspecified atom stereocenters. The highest BCUT2D eigenvalue weighted by Crippen LogP contribution is 1.55. The fourth-order valence-corrected chi connectivity index (χ4v) is 0.423. The quantitative estimate of drug-likeness (QED) is 0.253. The first-order valence-corrected chi connectivity index (χ1v) is 3.05. The number of aliphatic hydroxyl groups is 2. The summed E-state index contributed by atoms with van der Waals surface area (Å²) in [6.45, 7) is 2.14.